The first-order chi connectivity index (χ1) is 13.1. The molecular weight excluding hydrogens is 364 g/mol. The largest absolute Gasteiger partial charge is 0.456 e. The predicted molar refractivity (Wildman–Crippen MR) is 103 cm³/mol. The molecule has 136 valence electrons. The maximum absolute atomic E-state index is 12.3. The molecule has 6 nitrogen and oxygen atoms in total. The summed E-state index contributed by atoms with van der Waals surface area (Å²) in [6.07, 6.45) is -0.456. The molecule has 4 aromatic rings. The molecule has 0 aliphatic rings. The monoisotopic (exact) mass is 380 g/mol. The van der Waals surface area contributed by atoms with E-state index in [0.29, 0.717) is 0 Å². The standard InChI is InChI=1S/C20H16N2O4S/c1-13(15-9-4-7-14-6-2-3-8-16(14)15)25-18(23)12-22-20(24)26-19(21-22)17-10-5-11-27-17/h2-11,13H,12H2,1H3/t13-/m1/s1. The minimum Gasteiger partial charge on any atom is -0.456 e. The first-order valence-electron chi connectivity index (χ1n) is 8.41. The van der Waals surface area contributed by atoms with Crippen molar-refractivity contribution in [1.29, 1.82) is 0 Å². The van der Waals surface area contributed by atoms with Gasteiger partial charge < -0.3 is 9.15 Å². The van der Waals surface area contributed by atoms with E-state index in [1.54, 1.807) is 6.07 Å². The van der Waals surface area contributed by atoms with Gasteiger partial charge in [-0.15, -0.1) is 16.4 Å². The highest BCUT2D eigenvalue weighted by atomic mass is 32.1. The van der Waals surface area contributed by atoms with Crippen LogP contribution >= 0.6 is 11.3 Å². The van der Waals surface area contributed by atoms with Gasteiger partial charge in [0.2, 0.25) is 0 Å². The third kappa shape index (κ3) is 3.54. The van der Waals surface area contributed by atoms with Crippen LogP contribution in [-0.2, 0) is 16.1 Å². The number of fused-ring (bicyclic) bond motifs is 1. The van der Waals surface area contributed by atoms with Crippen LogP contribution < -0.4 is 5.76 Å². The zero-order valence-corrected chi connectivity index (χ0v) is 15.3. The maximum atomic E-state index is 12.3. The first-order valence-corrected chi connectivity index (χ1v) is 9.29. The van der Waals surface area contributed by atoms with Crippen LogP contribution in [0.4, 0.5) is 0 Å². The van der Waals surface area contributed by atoms with Gasteiger partial charge in [-0.25, -0.2) is 4.79 Å². The molecule has 0 saturated carbocycles. The summed E-state index contributed by atoms with van der Waals surface area (Å²) in [5, 5.41) is 8.03. The molecular formula is C20H16N2O4S. The van der Waals surface area contributed by atoms with Crippen molar-refractivity contribution in [2.75, 3.05) is 0 Å². The third-order valence-electron chi connectivity index (χ3n) is 4.19. The van der Waals surface area contributed by atoms with Crippen LogP contribution in [0, 0.1) is 0 Å². The average Bonchev–Trinajstić information content (AvgIpc) is 3.31. The highest BCUT2D eigenvalue weighted by molar-refractivity contribution is 7.13. The number of carbonyl (C=O) groups is 1. The van der Waals surface area contributed by atoms with E-state index in [1.807, 2.05) is 60.8 Å². The second-order valence-corrected chi connectivity index (χ2v) is 6.96. The molecule has 0 bridgehead atoms. The molecule has 0 aliphatic carbocycles. The number of rotatable bonds is 5. The summed E-state index contributed by atoms with van der Waals surface area (Å²) in [5.41, 5.74) is 0.910. The maximum Gasteiger partial charge on any atom is 0.437 e. The quantitative estimate of drug-likeness (QED) is 0.489. The highest BCUT2D eigenvalue weighted by Gasteiger charge is 2.18. The summed E-state index contributed by atoms with van der Waals surface area (Å²) in [4.78, 5) is 25.0. The van der Waals surface area contributed by atoms with Crippen molar-refractivity contribution in [3.8, 4) is 10.8 Å². The lowest BCUT2D eigenvalue weighted by atomic mass is 10.0. The summed E-state index contributed by atoms with van der Waals surface area (Å²) in [6.45, 7) is 1.51. The zero-order chi connectivity index (χ0) is 18.8. The van der Waals surface area contributed by atoms with Crippen LogP contribution in [0.3, 0.4) is 0 Å². The first kappa shape index (κ1) is 17.2. The molecule has 2 aromatic heterocycles. The van der Waals surface area contributed by atoms with Gasteiger partial charge in [0.05, 0.1) is 4.88 Å². The normalized spacial score (nSPS) is 12.2. The van der Waals surface area contributed by atoms with Crippen molar-refractivity contribution in [2.45, 2.75) is 19.6 Å². The van der Waals surface area contributed by atoms with Gasteiger partial charge in [-0.3, -0.25) is 4.79 Å². The van der Waals surface area contributed by atoms with Crippen molar-refractivity contribution < 1.29 is 13.9 Å². The Kier molecular flexibility index (Phi) is 4.60. The van der Waals surface area contributed by atoms with Gasteiger partial charge in [0, 0.05) is 0 Å². The van der Waals surface area contributed by atoms with Crippen LogP contribution in [0.5, 0.6) is 0 Å². The third-order valence-corrected chi connectivity index (χ3v) is 5.04. The van der Waals surface area contributed by atoms with Crippen LogP contribution in [0.25, 0.3) is 21.5 Å². The molecule has 4 rings (SSSR count). The average molecular weight is 380 g/mol. The zero-order valence-electron chi connectivity index (χ0n) is 14.5. The Morgan fingerprint density at radius 1 is 1.19 bits per heavy atom. The minimum atomic E-state index is -0.687. The lowest BCUT2D eigenvalue weighted by Crippen LogP contribution is -2.23. The fourth-order valence-corrected chi connectivity index (χ4v) is 3.58. The summed E-state index contributed by atoms with van der Waals surface area (Å²) in [7, 11) is 0. The number of thiophene rings is 1. The van der Waals surface area contributed by atoms with Crippen LogP contribution in [0.2, 0.25) is 0 Å². The number of benzene rings is 2. The fraction of sp³-hybridized carbons (Fsp3) is 0.150. The predicted octanol–water partition coefficient (Wildman–Crippen LogP) is 4.02. The lowest BCUT2D eigenvalue weighted by Gasteiger charge is -2.15. The number of ether oxygens (including phenoxy) is 1. The Hall–Kier alpha value is -3.19. The molecule has 0 spiro atoms. The molecule has 27 heavy (non-hydrogen) atoms. The van der Waals surface area contributed by atoms with E-state index in [1.165, 1.54) is 11.3 Å². The summed E-state index contributed by atoms with van der Waals surface area (Å²) in [6, 6.07) is 17.4. The van der Waals surface area contributed by atoms with Crippen LogP contribution in [0.15, 0.2) is 69.2 Å². The van der Waals surface area contributed by atoms with Crippen LogP contribution in [0.1, 0.15) is 18.6 Å². The Bertz CT molecular complexity index is 1140. The van der Waals surface area contributed by atoms with Crippen LogP contribution in [-0.4, -0.2) is 15.7 Å². The summed E-state index contributed by atoms with van der Waals surface area (Å²) >= 11 is 1.40. The van der Waals surface area contributed by atoms with Gasteiger partial charge in [0.25, 0.3) is 5.89 Å². The molecule has 0 amide bonds. The second-order valence-electron chi connectivity index (χ2n) is 6.01. The van der Waals surface area contributed by atoms with Gasteiger partial charge in [0.1, 0.15) is 12.6 Å². The van der Waals surface area contributed by atoms with E-state index in [2.05, 4.69) is 5.10 Å². The molecule has 7 heteroatoms. The lowest BCUT2D eigenvalue weighted by molar-refractivity contribution is -0.149. The van der Waals surface area contributed by atoms with Gasteiger partial charge in [-0.1, -0.05) is 48.5 Å². The van der Waals surface area contributed by atoms with Crippen molar-refractivity contribution >= 4 is 28.1 Å². The molecule has 0 unspecified atom stereocenters. The number of hydrogen-bond acceptors (Lipinski definition) is 6. The molecule has 0 fully saturated rings. The van der Waals surface area contributed by atoms with Gasteiger partial charge in [0.15, 0.2) is 0 Å². The van der Waals surface area contributed by atoms with Crippen molar-refractivity contribution in [3.63, 3.8) is 0 Å². The number of aromatic nitrogens is 2. The van der Waals surface area contributed by atoms with E-state index in [0.717, 1.165) is 25.9 Å². The number of esters is 1. The van der Waals surface area contributed by atoms with E-state index in [4.69, 9.17) is 9.15 Å². The fourth-order valence-electron chi connectivity index (χ4n) is 2.93. The molecule has 1 atom stereocenters. The minimum absolute atomic E-state index is 0.199. The topological polar surface area (TPSA) is 74.3 Å². The summed E-state index contributed by atoms with van der Waals surface area (Å²) in [5.74, 6) is -1.04. The molecule has 0 saturated heterocycles. The number of carbonyl (C=O) groups excluding carboxylic acids is 1. The Balaban J connectivity index is 1.50. The van der Waals surface area contributed by atoms with Crippen molar-refractivity contribution in [3.05, 3.63) is 76.1 Å². The van der Waals surface area contributed by atoms with Crippen molar-refractivity contribution in [1.82, 2.24) is 9.78 Å². The second kappa shape index (κ2) is 7.20. The van der Waals surface area contributed by atoms with Gasteiger partial charge in [-0.2, -0.15) is 4.68 Å². The van der Waals surface area contributed by atoms with Gasteiger partial charge >= 0.3 is 11.7 Å². The Labute approximate surface area is 158 Å². The van der Waals surface area contributed by atoms with Crippen molar-refractivity contribution in [2.24, 2.45) is 0 Å². The van der Waals surface area contributed by atoms with Gasteiger partial charge in [-0.05, 0) is 34.7 Å². The molecule has 0 aliphatic heterocycles. The highest BCUT2D eigenvalue weighted by Crippen LogP contribution is 2.26. The Morgan fingerprint density at radius 3 is 2.81 bits per heavy atom. The number of hydrogen-bond donors (Lipinski definition) is 0. The molecule has 0 radical (unpaired) electrons. The smallest absolute Gasteiger partial charge is 0.437 e. The molecule has 0 N–H and O–H groups in total. The van der Waals surface area contributed by atoms with E-state index in [-0.39, 0.29) is 12.4 Å². The van der Waals surface area contributed by atoms with E-state index in [9.17, 15) is 9.59 Å². The summed E-state index contributed by atoms with van der Waals surface area (Å²) < 4.78 is 11.6. The SMILES string of the molecule is C[C@@H](OC(=O)Cn1nc(-c2cccs2)oc1=O)c1cccc2ccccc12. The molecule has 2 heterocycles. The van der Waals surface area contributed by atoms with E-state index >= 15 is 0 Å². The Morgan fingerprint density at radius 2 is 2.00 bits per heavy atom. The van der Waals surface area contributed by atoms with E-state index < -0.39 is 17.8 Å². The number of nitrogens with zero attached hydrogens (tertiary/aromatic N) is 2. The molecule has 2 aromatic carbocycles.